The summed E-state index contributed by atoms with van der Waals surface area (Å²) in [5.74, 6) is -7.39. The first-order valence-electron chi connectivity index (χ1n) is 7.15. The molecule has 2 N–H and O–H groups in total. The average Bonchev–Trinajstić information content (AvgIpc) is 2.47. The summed E-state index contributed by atoms with van der Waals surface area (Å²) in [6, 6.07) is 0. The standard InChI is InChI=1S/C14H18O10.2Na.2H/c15-9(16)5-1-3-7-11(19)23-13(21)14(22)24-12(20)8-4-2-6-10(17)18;;;;/h1-8H2,(H,15,16)(H,17,18);;;;. The van der Waals surface area contributed by atoms with Gasteiger partial charge in [0, 0.05) is 25.7 Å². The van der Waals surface area contributed by atoms with Crippen LogP contribution in [-0.2, 0) is 38.2 Å². The maximum absolute atomic E-state index is 11.2. The molecule has 0 rings (SSSR count). The molecule has 0 amide bonds. The number of ether oxygens (including phenoxy) is 2. The van der Waals surface area contributed by atoms with Crippen LogP contribution in [0.25, 0.3) is 0 Å². The van der Waals surface area contributed by atoms with Crippen LogP contribution in [0.4, 0.5) is 0 Å². The molecule has 0 heterocycles. The number of carboxylic acids is 2. The maximum atomic E-state index is 11.2. The molecular weight excluding hydrogens is 374 g/mol. The van der Waals surface area contributed by atoms with Crippen LogP contribution in [0.15, 0.2) is 0 Å². The van der Waals surface area contributed by atoms with Gasteiger partial charge >= 0.3 is 94.9 Å². The SMILES string of the molecule is O=C(O)CCCCC(=O)OC(=O)C(=O)OC(=O)CCCCC(=O)O.[NaH].[NaH]. The van der Waals surface area contributed by atoms with E-state index in [2.05, 4.69) is 9.47 Å². The summed E-state index contributed by atoms with van der Waals surface area (Å²) in [7, 11) is 0. The van der Waals surface area contributed by atoms with E-state index in [0.717, 1.165) is 0 Å². The number of aliphatic carboxylic acids is 2. The molecule has 0 aliphatic heterocycles. The van der Waals surface area contributed by atoms with Crippen molar-refractivity contribution < 1.29 is 48.5 Å². The molecule has 12 heteroatoms. The second-order valence-corrected chi connectivity index (χ2v) is 4.72. The molecule has 0 spiro atoms. The average molecular weight is 394 g/mol. The van der Waals surface area contributed by atoms with Gasteiger partial charge in [0.05, 0.1) is 0 Å². The van der Waals surface area contributed by atoms with Crippen molar-refractivity contribution in [1.82, 2.24) is 0 Å². The van der Waals surface area contributed by atoms with E-state index in [1.54, 1.807) is 0 Å². The number of hydrogen-bond donors (Lipinski definition) is 2. The van der Waals surface area contributed by atoms with Gasteiger partial charge < -0.3 is 19.7 Å². The fraction of sp³-hybridized carbons (Fsp3) is 0.571. The van der Waals surface area contributed by atoms with Crippen molar-refractivity contribution >= 4 is 94.9 Å². The van der Waals surface area contributed by atoms with E-state index < -0.39 is 35.8 Å². The zero-order valence-electron chi connectivity index (χ0n) is 12.8. The van der Waals surface area contributed by atoms with Gasteiger partial charge in [-0.1, -0.05) is 0 Å². The predicted molar refractivity (Wildman–Crippen MR) is 88.7 cm³/mol. The number of rotatable bonds is 10. The second kappa shape index (κ2) is 17.6. The van der Waals surface area contributed by atoms with Gasteiger partial charge in [0.1, 0.15) is 0 Å². The van der Waals surface area contributed by atoms with E-state index >= 15 is 0 Å². The Balaban J connectivity index is -0.00000264. The van der Waals surface area contributed by atoms with E-state index in [1.165, 1.54) is 0 Å². The van der Waals surface area contributed by atoms with E-state index in [4.69, 9.17) is 10.2 Å². The summed E-state index contributed by atoms with van der Waals surface area (Å²) in [6.07, 6.45) is -0.0497. The molecule has 10 nitrogen and oxygen atoms in total. The zero-order chi connectivity index (χ0) is 18.5. The molecule has 0 aromatic heterocycles. The topological polar surface area (TPSA) is 161 Å². The van der Waals surface area contributed by atoms with Crippen LogP contribution in [0, 0.1) is 0 Å². The molecule has 0 aliphatic carbocycles. The summed E-state index contributed by atoms with van der Waals surface area (Å²) < 4.78 is 8.29. The molecule has 0 radical (unpaired) electrons. The third-order valence-corrected chi connectivity index (χ3v) is 2.62. The van der Waals surface area contributed by atoms with Crippen molar-refractivity contribution in [3.8, 4) is 0 Å². The molecule has 0 fully saturated rings. The molecule has 0 saturated carbocycles. The Labute approximate surface area is 193 Å². The normalized spacial score (nSPS) is 9.08. The van der Waals surface area contributed by atoms with Crippen LogP contribution in [0.1, 0.15) is 51.4 Å². The Morgan fingerprint density at radius 2 is 0.808 bits per heavy atom. The number of esters is 4. The zero-order valence-corrected chi connectivity index (χ0v) is 12.8. The van der Waals surface area contributed by atoms with Gasteiger partial charge in [-0.2, -0.15) is 0 Å². The van der Waals surface area contributed by atoms with Gasteiger partial charge in [-0.05, 0) is 25.7 Å². The Hall–Kier alpha value is -0.780. The van der Waals surface area contributed by atoms with Gasteiger partial charge in [-0.25, -0.2) is 9.59 Å². The minimum absolute atomic E-state index is 0. The molecule has 0 aliphatic rings. The van der Waals surface area contributed by atoms with Crippen LogP contribution < -0.4 is 0 Å². The van der Waals surface area contributed by atoms with Crippen LogP contribution in [0.5, 0.6) is 0 Å². The fourth-order valence-electron chi connectivity index (χ4n) is 1.48. The van der Waals surface area contributed by atoms with Crippen molar-refractivity contribution in [2.24, 2.45) is 0 Å². The molecule has 0 bridgehead atoms. The van der Waals surface area contributed by atoms with Gasteiger partial charge in [-0.3, -0.25) is 19.2 Å². The van der Waals surface area contributed by atoms with Gasteiger partial charge in [0.25, 0.3) is 0 Å². The number of unbranched alkanes of at least 4 members (excludes halogenated alkanes) is 2. The van der Waals surface area contributed by atoms with Gasteiger partial charge in [0.2, 0.25) is 0 Å². The van der Waals surface area contributed by atoms with E-state index in [-0.39, 0.29) is 110 Å². The van der Waals surface area contributed by atoms with Crippen molar-refractivity contribution in [3.63, 3.8) is 0 Å². The Kier molecular flexibility index (Phi) is 20.3. The Morgan fingerprint density at radius 3 is 1.08 bits per heavy atom. The molecule has 138 valence electrons. The molecule has 0 saturated heterocycles. The summed E-state index contributed by atoms with van der Waals surface area (Å²) in [6.45, 7) is 0. The molecule has 0 unspecified atom stereocenters. The monoisotopic (exact) mass is 394 g/mol. The summed E-state index contributed by atoms with van der Waals surface area (Å²) in [5.41, 5.74) is 0. The number of hydrogen-bond acceptors (Lipinski definition) is 8. The number of carbonyl (C=O) groups is 6. The molecular formula is C14H20Na2O10. The van der Waals surface area contributed by atoms with Crippen LogP contribution >= 0.6 is 0 Å². The molecule has 0 aromatic rings. The summed E-state index contributed by atoms with van der Waals surface area (Å²) >= 11 is 0. The van der Waals surface area contributed by atoms with Gasteiger partial charge in [-0.15, -0.1) is 0 Å². The summed E-state index contributed by atoms with van der Waals surface area (Å²) in [5, 5.41) is 16.8. The Bertz CT molecular complexity index is 472. The van der Waals surface area contributed by atoms with Crippen LogP contribution in [-0.4, -0.2) is 105 Å². The Morgan fingerprint density at radius 1 is 0.538 bits per heavy atom. The first kappa shape index (κ1) is 30.0. The molecule has 0 atom stereocenters. The number of carbonyl (C=O) groups excluding carboxylic acids is 4. The summed E-state index contributed by atoms with van der Waals surface area (Å²) in [4.78, 5) is 65.4. The minimum atomic E-state index is -1.64. The van der Waals surface area contributed by atoms with Crippen molar-refractivity contribution in [2.45, 2.75) is 51.4 Å². The van der Waals surface area contributed by atoms with Crippen molar-refractivity contribution in [1.29, 1.82) is 0 Å². The number of carboxylic acid groups (broad SMARTS) is 2. The molecule has 0 aromatic carbocycles. The second-order valence-electron chi connectivity index (χ2n) is 4.72. The van der Waals surface area contributed by atoms with E-state index in [1.807, 2.05) is 0 Å². The van der Waals surface area contributed by atoms with Gasteiger partial charge in [0.15, 0.2) is 0 Å². The predicted octanol–water partition coefficient (Wildman–Crippen LogP) is -0.881. The fourth-order valence-corrected chi connectivity index (χ4v) is 1.48. The van der Waals surface area contributed by atoms with Crippen LogP contribution in [0.3, 0.4) is 0 Å². The van der Waals surface area contributed by atoms with E-state index in [9.17, 15) is 28.8 Å². The molecule has 26 heavy (non-hydrogen) atoms. The van der Waals surface area contributed by atoms with Crippen molar-refractivity contribution in [3.05, 3.63) is 0 Å². The third kappa shape index (κ3) is 18.0. The first-order chi connectivity index (χ1) is 11.2. The first-order valence-corrected chi connectivity index (χ1v) is 7.15. The third-order valence-electron chi connectivity index (χ3n) is 2.62. The van der Waals surface area contributed by atoms with Crippen LogP contribution in [0.2, 0.25) is 0 Å². The van der Waals surface area contributed by atoms with E-state index in [0.29, 0.717) is 0 Å². The van der Waals surface area contributed by atoms with Crippen molar-refractivity contribution in [2.75, 3.05) is 0 Å². The quantitative estimate of drug-likeness (QED) is 0.156.